The molecular weight excluding hydrogens is 282 g/mol. The summed E-state index contributed by atoms with van der Waals surface area (Å²) < 4.78 is 5.76. The van der Waals surface area contributed by atoms with Crippen LogP contribution in [0.25, 0.3) is 0 Å². The van der Waals surface area contributed by atoms with Crippen molar-refractivity contribution in [2.24, 2.45) is 11.7 Å². The van der Waals surface area contributed by atoms with Gasteiger partial charge in [0.15, 0.2) is 0 Å². The summed E-state index contributed by atoms with van der Waals surface area (Å²) in [6, 6.07) is 16.4. The van der Waals surface area contributed by atoms with Crippen molar-refractivity contribution in [2.75, 3.05) is 13.2 Å². The van der Waals surface area contributed by atoms with Crippen LogP contribution in [-0.2, 0) is 6.42 Å². The van der Waals surface area contributed by atoms with Gasteiger partial charge in [0.05, 0.1) is 6.61 Å². The van der Waals surface area contributed by atoms with Crippen LogP contribution in [0.2, 0.25) is 5.02 Å². The van der Waals surface area contributed by atoms with E-state index in [1.54, 1.807) is 0 Å². The van der Waals surface area contributed by atoms with E-state index in [0.717, 1.165) is 30.2 Å². The summed E-state index contributed by atoms with van der Waals surface area (Å²) in [5.74, 6) is 1.93. The normalized spacial score (nSPS) is 18.1. The number of hydrogen-bond acceptors (Lipinski definition) is 2. The van der Waals surface area contributed by atoms with Gasteiger partial charge in [0.1, 0.15) is 5.75 Å². The van der Waals surface area contributed by atoms with E-state index in [2.05, 4.69) is 18.2 Å². The SMILES string of the molecule is NCC(Cc1cccc(Cl)c1)CC1COc2ccccc21. The van der Waals surface area contributed by atoms with Crippen molar-refractivity contribution in [1.82, 2.24) is 0 Å². The molecule has 110 valence electrons. The predicted molar refractivity (Wildman–Crippen MR) is 87.0 cm³/mol. The molecule has 0 radical (unpaired) electrons. The van der Waals surface area contributed by atoms with Gasteiger partial charge in [0.2, 0.25) is 0 Å². The van der Waals surface area contributed by atoms with Crippen molar-refractivity contribution in [3.05, 3.63) is 64.7 Å². The number of hydrogen-bond donors (Lipinski definition) is 1. The molecule has 1 aliphatic rings. The number of halogens is 1. The summed E-state index contributed by atoms with van der Waals surface area (Å²) in [7, 11) is 0. The average molecular weight is 302 g/mol. The van der Waals surface area contributed by atoms with Gasteiger partial charge in [-0.3, -0.25) is 0 Å². The zero-order valence-electron chi connectivity index (χ0n) is 12.0. The van der Waals surface area contributed by atoms with Gasteiger partial charge in [0.25, 0.3) is 0 Å². The molecule has 0 saturated carbocycles. The van der Waals surface area contributed by atoms with E-state index in [-0.39, 0.29) is 0 Å². The molecule has 2 aromatic carbocycles. The summed E-state index contributed by atoms with van der Waals surface area (Å²) in [5, 5.41) is 0.790. The quantitative estimate of drug-likeness (QED) is 0.905. The van der Waals surface area contributed by atoms with Gasteiger partial charge in [-0.2, -0.15) is 0 Å². The zero-order valence-corrected chi connectivity index (χ0v) is 12.7. The number of benzene rings is 2. The first-order valence-corrected chi connectivity index (χ1v) is 7.80. The number of rotatable bonds is 5. The first-order chi connectivity index (χ1) is 10.3. The van der Waals surface area contributed by atoms with E-state index in [9.17, 15) is 0 Å². The molecular formula is C18H20ClNO. The highest BCUT2D eigenvalue weighted by Crippen LogP contribution is 2.37. The third-order valence-corrected chi connectivity index (χ3v) is 4.40. The van der Waals surface area contributed by atoms with Crippen LogP contribution in [0.15, 0.2) is 48.5 Å². The monoisotopic (exact) mass is 301 g/mol. The summed E-state index contributed by atoms with van der Waals surface area (Å²) in [6.07, 6.45) is 2.02. The molecule has 0 aromatic heterocycles. The highest BCUT2D eigenvalue weighted by atomic mass is 35.5. The highest BCUT2D eigenvalue weighted by Gasteiger charge is 2.26. The molecule has 2 atom stereocenters. The van der Waals surface area contributed by atoms with Gasteiger partial charge in [-0.1, -0.05) is 41.9 Å². The Balaban J connectivity index is 1.68. The van der Waals surface area contributed by atoms with Crippen molar-refractivity contribution in [3.63, 3.8) is 0 Å². The van der Waals surface area contributed by atoms with Crippen LogP contribution in [0, 0.1) is 5.92 Å². The van der Waals surface area contributed by atoms with Gasteiger partial charge < -0.3 is 10.5 Å². The largest absolute Gasteiger partial charge is 0.493 e. The van der Waals surface area contributed by atoms with E-state index in [1.165, 1.54) is 11.1 Å². The Labute approximate surface area is 130 Å². The minimum Gasteiger partial charge on any atom is -0.493 e. The zero-order chi connectivity index (χ0) is 14.7. The Morgan fingerprint density at radius 3 is 2.86 bits per heavy atom. The maximum absolute atomic E-state index is 6.06. The van der Waals surface area contributed by atoms with Crippen LogP contribution >= 0.6 is 11.6 Å². The molecule has 0 saturated heterocycles. The molecule has 21 heavy (non-hydrogen) atoms. The molecule has 3 heteroatoms. The predicted octanol–water partition coefficient (Wildman–Crippen LogP) is 4.02. The van der Waals surface area contributed by atoms with Crippen molar-refractivity contribution in [2.45, 2.75) is 18.8 Å². The van der Waals surface area contributed by atoms with Gasteiger partial charge in [0, 0.05) is 16.5 Å². The summed E-state index contributed by atoms with van der Waals surface area (Å²) >= 11 is 6.06. The molecule has 0 bridgehead atoms. The third kappa shape index (κ3) is 3.39. The topological polar surface area (TPSA) is 35.2 Å². The third-order valence-electron chi connectivity index (χ3n) is 4.16. The van der Waals surface area contributed by atoms with Gasteiger partial charge in [-0.15, -0.1) is 0 Å². The molecule has 0 spiro atoms. The minimum atomic E-state index is 0.447. The summed E-state index contributed by atoms with van der Waals surface area (Å²) in [4.78, 5) is 0. The van der Waals surface area contributed by atoms with E-state index in [1.807, 2.05) is 30.3 Å². The van der Waals surface area contributed by atoms with Gasteiger partial charge in [-0.25, -0.2) is 0 Å². The van der Waals surface area contributed by atoms with Crippen molar-refractivity contribution in [3.8, 4) is 5.75 Å². The lowest BCUT2D eigenvalue weighted by atomic mass is 9.87. The molecule has 3 rings (SSSR count). The number of nitrogens with two attached hydrogens (primary N) is 1. The summed E-state index contributed by atoms with van der Waals surface area (Å²) in [5.41, 5.74) is 8.56. The van der Waals surface area contributed by atoms with E-state index >= 15 is 0 Å². The second-order valence-corrected chi connectivity index (χ2v) is 6.15. The van der Waals surface area contributed by atoms with Crippen LogP contribution < -0.4 is 10.5 Å². The van der Waals surface area contributed by atoms with E-state index in [0.29, 0.717) is 18.4 Å². The average Bonchev–Trinajstić information content (AvgIpc) is 2.90. The minimum absolute atomic E-state index is 0.447. The van der Waals surface area contributed by atoms with Crippen molar-refractivity contribution in [1.29, 1.82) is 0 Å². The number of para-hydroxylation sites is 1. The molecule has 2 N–H and O–H groups in total. The van der Waals surface area contributed by atoms with E-state index in [4.69, 9.17) is 22.1 Å². The maximum atomic E-state index is 6.06. The van der Waals surface area contributed by atoms with Gasteiger partial charge >= 0.3 is 0 Å². The number of fused-ring (bicyclic) bond motifs is 1. The molecule has 1 aliphatic heterocycles. The van der Waals surface area contributed by atoms with Crippen molar-refractivity contribution < 1.29 is 4.74 Å². The second-order valence-electron chi connectivity index (χ2n) is 5.72. The van der Waals surface area contributed by atoms with Crippen LogP contribution in [0.3, 0.4) is 0 Å². The lowest BCUT2D eigenvalue weighted by Gasteiger charge is -2.18. The molecule has 0 aliphatic carbocycles. The summed E-state index contributed by atoms with van der Waals surface area (Å²) in [6.45, 7) is 1.45. The smallest absolute Gasteiger partial charge is 0.122 e. The molecule has 1 heterocycles. The fraction of sp³-hybridized carbons (Fsp3) is 0.333. The molecule has 2 nitrogen and oxygen atoms in total. The van der Waals surface area contributed by atoms with Gasteiger partial charge in [-0.05, 0) is 49.1 Å². The Hall–Kier alpha value is -1.51. The molecule has 0 fully saturated rings. The Kier molecular flexibility index (Phi) is 4.47. The lowest BCUT2D eigenvalue weighted by molar-refractivity contribution is 0.306. The standard InChI is InChI=1S/C18H20ClNO/c19-16-5-3-4-13(10-16)8-14(11-20)9-15-12-21-18-7-2-1-6-17(15)18/h1-7,10,14-15H,8-9,11-12,20H2. The molecule has 0 amide bonds. The van der Waals surface area contributed by atoms with Crippen LogP contribution in [0.1, 0.15) is 23.5 Å². The van der Waals surface area contributed by atoms with Crippen molar-refractivity contribution >= 4 is 11.6 Å². The lowest BCUT2D eigenvalue weighted by Crippen LogP contribution is -2.20. The van der Waals surface area contributed by atoms with Crippen LogP contribution in [0.4, 0.5) is 0 Å². The Morgan fingerprint density at radius 1 is 1.19 bits per heavy atom. The Morgan fingerprint density at radius 2 is 2.05 bits per heavy atom. The fourth-order valence-electron chi connectivity index (χ4n) is 3.09. The fourth-order valence-corrected chi connectivity index (χ4v) is 3.30. The first-order valence-electron chi connectivity index (χ1n) is 7.42. The van der Waals surface area contributed by atoms with E-state index < -0.39 is 0 Å². The van der Waals surface area contributed by atoms with Crippen LogP contribution in [0.5, 0.6) is 5.75 Å². The first kappa shape index (κ1) is 14.4. The highest BCUT2D eigenvalue weighted by molar-refractivity contribution is 6.30. The number of ether oxygens (including phenoxy) is 1. The second kappa shape index (κ2) is 6.50. The van der Waals surface area contributed by atoms with Crippen LogP contribution in [-0.4, -0.2) is 13.2 Å². The molecule has 2 aromatic rings. The molecule has 2 unspecified atom stereocenters. The Bertz CT molecular complexity index is 614. The maximum Gasteiger partial charge on any atom is 0.122 e.